The Bertz CT molecular complexity index is 1130. The average Bonchev–Trinajstić information content (AvgIpc) is 3.46. The molecule has 1 saturated heterocycles. The van der Waals surface area contributed by atoms with E-state index in [4.69, 9.17) is 4.52 Å². The van der Waals surface area contributed by atoms with Crippen LogP contribution in [0.1, 0.15) is 36.2 Å². The van der Waals surface area contributed by atoms with Gasteiger partial charge in [0.1, 0.15) is 23.3 Å². The molecule has 3 aromatic rings. The summed E-state index contributed by atoms with van der Waals surface area (Å²) in [6.45, 7) is 7.18. The van der Waals surface area contributed by atoms with Crippen molar-refractivity contribution in [1.29, 1.82) is 0 Å². The van der Waals surface area contributed by atoms with Gasteiger partial charge in [-0.15, -0.1) is 0 Å². The molecule has 164 valence electrons. The molecule has 0 amide bonds. The molecule has 2 atom stereocenters. The van der Waals surface area contributed by atoms with Crippen molar-refractivity contribution in [3.05, 3.63) is 34.9 Å². The highest BCUT2D eigenvalue weighted by molar-refractivity contribution is 5.93. The molecule has 5 rings (SSSR count). The SMILES string of the molecule is Cc1cc(F)c2nc(N3CCC(NCC4CC4)C(F)C3)c(-c3nc(C)no3)c(C)c2c1. The third kappa shape index (κ3) is 3.89. The van der Waals surface area contributed by atoms with Crippen molar-refractivity contribution < 1.29 is 13.3 Å². The number of hydrogen-bond donors (Lipinski definition) is 1. The smallest absolute Gasteiger partial charge is 0.261 e. The van der Waals surface area contributed by atoms with Crippen LogP contribution in [0.25, 0.3) is 22.4 Å². The molecule has 1 aliphatic heterocycles. The molecule has 1 N–H and O–H groups in total. The van der Waals surface area contributed by atoms with Crippen LogP contribution in [0.15, 0.2) is 16.7 Å². The van der Waals surface area contributed by atoms with Crippen LogP contribution in [0.2, 0.25) is 0 Å². The summed E-state index contributed by atoms with van der Waals surface area (Å²) in [5, 5.41) is 8.01. The van der Waals surface area contributed by atoms with Crippen LogP contribution in [-0.2, 0) is 0 Å². The van der Waals surface area contributed by atoms with E-state index in [9.17, 15) is 4.39 Å². The number of anilines is 1. The Morgan fingerprint density at radius 3 is 2.65 bits per heavy atom. The van der Waals surface area contributed by atoms with Crippen molar-refractivity contribution in [1.82, 2.24) is 20.4 Å². The number of hydrogen-bond acceptors (Lipinski definition) is 6. The molecule has 3 heterocycles. The number of alkyl halides is 1. The third-order valence-corrected chi connectivity index (χ3v) is 6.38. The number of aromatic nitrogens is 3. The molecule has 2 aliphatic rings. The molecule has 2 unspecified atom stereocenters. The number of fused-ring (bicyclic) bond motifs is 1. The zero-order valence-corrected chi connectivity index (χ0v) is 18.1. The number of rotatable bonds is 5. The minimum atomic E-state index is -1.04. The third-order valence-electron chi connectivity index (χ3n) is 6.38. The lowest BCUT2D eigenvalue weighted by Crippen LogP contribution is -2.51. The molecule has 1 saturated carbocycles. The monoisotopic (exact) mass is 427 g/mol. The maximum Gasteiger partial charge on any atom is 0.261 e. The van der Waals surface area contributed by atoms with Crippen LogP contribution in [0.5, 0.6) is 0 Å². The first-order valence-corrected chi connectivity index (χ1v) is 10.9. The summed E-state index contributed by atoms with van der Waals surface area (Å²) in [7, 11) is 0. The van der Waals surface area contributed by atoms with E-state index in [1.165, 1.54) is 18.9 Å². The van der Waals surface area contributed by atoms with Crippen LogP contribution in [-0.4, -0.2) is 47.0 Å². The maximum absolute atomic E-state index is 15.1. The van der Waals surface area contributed by atoms with Crippen molar-refractivity contribution in [2.24, 2.45) is 5.92 Å². The van der Waals surface area contributed by atoms with Gasteiger partial charge >= 0.3 is 0 Å². The van der Waals surface area contributed by atoms with Crippen LogP contribution in [0, 0.1) is 32.5 Å². The maximum atomic E-state index is 15.1. The Balaban J connectivity index is 1.55. The van der Waals surface area contributed by atoms with E-state index in [0.29, 0.717) is 47.4 Å². The average molecular weight is 427 g/mol. The predicted octanol–water partition coefficient (Wildman–Crippen LogP) is 4.27. The second-order valence-corrected chi connectivity index (χ2v) is 8.93. The Morgan fingerprint density at radius 1 is 1.16 bits per heavy atom. The molecule has 6 nitrogen and oxygen atoms in total. The lowest BCUT2D eigenvalue weighted by atomic mass is 9.98. The highest BCUT2D eigenvalue weighted by Crippen LogP contribution is 2.38. The first-order valence-electron chi connectivity index (χ1n) is 10.9. The number of benzene rings is 1. The van der Waals surface area contributed by atoms with Crippen LogP contribution >= 0.6 is 0 Å². The molecule has 1 aromatic carbocycles. The first kappa shape index (κ1) is 20.3. The van der Waals surface area contributed by atoms with Crippen molar-refractivity contribution in [3.8, 4) is 11.5 Å². The van der Waals surface area contributed by atoms with Gasteiger partial charge in [0, 0.05) is 18.0 Å². The Labute approximate surface area is 180 Å². The zero-order valence-electron chi connectivity index (χ0n) is 18.1. The normalized spacial score (nSPS) is 21.8. The second kappa shape index (κ2) is 7.82. The fourth-order valence-corrected chi connectivity index (χ4v) is 4.45. The fraction of sp³-hybridized carbons (Fsp3) is 0.522. The molecule has 0 spiro atoms. The molecule has 8 heteroatoms. The summed E-state index contributed by atoms with van der Waals surface area (Å²) in [4.78, 5) is 10.9. The highest BCUT2D eigenvalue weighted by atomic mass is 19.1. The standard InChI is InChI=1S/C23H27F2N5O/c1-12-8-16-13(2)20(23-27-14(3)29-31-23)22(28-21(16)17(24)9-12)30-7-6-19(18(25)11-30)26-10-15-4-5-15/h8-9,15,18-19,26H,4-7,10-11H2,1-3H3. The molecule has 0 radical (unpaired) electrons. The van der Waals surface area contributed by atoms with E-state index in [0.717, 1.165) is 17.7 Å². The van der Waals surface area contributed by atoms with E-state index >= 15 is 4.39 Å². The molecular weight excluding hydrogens is 400 g/mol. The Kier molecular flexibility index (Phi) is 5.12. The summed E-state index contributed by atoms with van der Waals surface area (Å²) < 4.78 is 35.4. The predicted molar refractivity (Wildman–Crippen MR) is 115 cm³/mol. The van der Waals surface area contributed by atoms with Gasteiger partial charge in [0.05, 0.1) is 12.1 Å². The molecule has 2 fully saturated rings. The van der Waals surface area contributed by atoms with Gasteiger partial charge in [0.25, 0.3) is 5.89 Å². The summed E-state index contributed by atoms with van der Waals surface area (Å²) >= 11 is 0. The lowest BCUT2D eigenvalue weighted by molar-refractivity contribution is 0.218. The Morgan fingerprint density at radius 2 is 1.97 bits per heavy atom. The summed E-state index contributed by atoms with van der Waals surface area (Å²) in [6, 6.07) is 3.22. The van der Waals surface area contributed by atoms with Gasteiger partial charge in [0.2, 0.25) is 0 Å². The van der Waals surface area contributed by atoms with E-state index in [1.807, 2.05) is 24.8 Å². The zero-order chi connectivity index (χ0) is 21.7. The summed E-state index contributed by atoms with van der Waals surface area (Å²) in [5.74, 6) is 1.65. The topological polar surface area (TPSA) is 67.1 Å². The number of aryl methyl sites for hydroxylation is 3. The molecular formula is C23H27F2N5O. The van der Waals surface area contributed by atoms with Gasteiger partial charge in [-0.2, -0.15) is 4.98 Å². The van der Waals surface area contributed by atoms with Gasteiger partial charge in [0.15, 0.2) is 5.82 Å². The van der Waals surface area contributed by atoms with Crippen molar-refractivity contribution in [2.45, 2.75) is 52.2 Å². The number of nitrogens with zero attached hydrogens (tertiary/aromatic N) is 4. The second-order valence-electron chi connectivity index (χ2n) is 8.93. The molecule has 0 bridgehead atoms. The minimum Gasteiger partial charge on any atom is -0.353 e. The molecule has 31 heavy (non-hydrogen) atoms. The van der Waals surface area contributed by atoms with Gasteiger partial charge in [-0.1, -0.05) is 5.16 Å². The minimum absolute atomic E-state index is 0.160. The number of piperidine rings is 1. The van der Waals surface area contributed by atoms with Crippen LogP contribution in [0.4, 0.5) is 14.6 Å². The van der Waals surface area contributed by atoms with E-state index in [-0.39, 0.29) is 23.9 Å². The Hall–Kier alpha value is -2.61. The summed E-state index contributed by atoms with van der Waals surface area (Å²) in [5.41, 5.74) is 2.54. The summed E-state index contributed by atoms with van der Waals surface area (Å²) in [6.07, 6.45) is 2.10. The fourth-order valence-electron chi connectivity index (χ4n) is 4.45. The van der Waals surface area contributed by atoms with E-state index < -0.39 is 6.17 Å². The van der Waals surface area contributed by atoms with Gasteiger partial charge in [-0.05, 0) is 75.8 Å². The largest absolute Gasteiger partial charge is 0.353 e. The van der Waals surface area contributed by atoms with E-state index in [1.54, 1.807) is 6.92 Å². The van der Waals surface area contributed by atoms with E-state index in [2.05, 4.69) is 20.4 Å². The van der Waals surface area contributed by atoms with Crippen LogP contribution in [0.3, 0.4) is 0 Å². The van der Waals surface area contributed by atoms with Crippen molar-refractivity contribution in [3.63, 3.8) is 0 Å². The van der Waals surface area contributed by atoms with Gasteiger partial charge < -0.3 is 14.7 Å². The molecule has 2 aromatic heterocycles. The quantitative estimate of drug-likeness (QED) is 0.656. The molecule has 1 aliphatic carbocycles. The van der Waals surface area contributed by atoms with Crippen molar-refractivity contribution >= 4 is 16.7 Å². The highest BCUT2D eigenvalue weighted by Gasteiger charge is 2.34. The number of halogens is 2. The number of nitrogens with one attached hydrogen (secondary N) is 1. The van der Waals surface area contributed by atoms with Crippen LogP contribution < -0.4 is 10.2 Å². The lowest BCUT2D eigenvalue weighted by Gasteiger charge is -2.37. The number of pyridine rings is 1. The van der Waals surface area contributed by atoms with Gasteiger partial charge in [-0.3, -0.25) is 0 Å². The van der Waals surface area contributed by atoms with Gasteiger partial charge in [-0.25, -0.2) is 13.8 Å². The first-order chi connectivity index (χ1) is 14.9. The van der Waals surface area contributed by atoms with Crippen molar-refractivity contribution in [2.75, 3.05) is 24.5 Å².